The molecule has 0 spiro atoms. The molecular weight excluding hydrogens is 228 g/mol. The number of carbonyl (C=O) groups is 1. The molecule has 0 aliphatic rings. The first-order valence-electron chi connectivity index (χ1n) is 6.43. The van der Waals surface area contributed by atoms with Crippen molar-refractivity contribution >= 4 is 11.7 Å². The van der Waals surface area contributed by atoms with Crippen LogP contribution in [-0.2, 0) is 6.54 Å². The van der Waals surface area contributed by atoms with Gasteiger partial charge in [-0.05, 0) is 37.6 Å². The number of carboxylic acid groups (broad SMARTS) is 1. The molecule has 1 aromatic rings. The number of hydrogen-bond acceptors (Lipinski definition) is 3. The van der Waals surface area contributed by atoms with E-state index in [2.05, 4.69) is 18.7 Å². The second-order valence-corrected chi connectivity index (χ2v) is 4.46. The third-order valence-corrected chi connectivity index (χ3v) is 2.87. The van der Waals surface area contributed by atoms with Crippen LogP contribution in [0.2, 0.25) is 0 Å². The van der Waals surface area contributed by atoms with Gasteiger partial charge >= 0.3 is 5.97 Å². The lowest BCUT2D eigenvalue weighted by Crippen LogP contribution is -2.26. The number of nitrogens with two attached hydrogens (primary N) is 1. The van der Waals surface area contributed by atoms with Crippen LogP contribution in [0.4, 0.5) is 5.69 Å². The number of benzene rings is 1. The molecule has 3 N–H and O–H groups in total. The number of carboxylic acids is 1. The van der Waals surface area contributed by atoms with Gasteiger partial charge in [0.1, 0.15) is 0 Å². The number of rotatable bonds is 7. The van der Waals surface area contributed by atoms with Crippen LogP contribution in [0.1, 0.15) is 42.6 Å². The number of nitrogens with zero attached hydrogens (tertiary/aromatic N) is 1. The van der Waals surface area contributed by atoms with Gasteiger partial charge in [0.05, 0.1) is 5.56 Å². The summed E-state index contributed by atoms with van der Waals surface area (Å²) >= 11 is 0. The number of hydrogen-bond donors (Lipinski definition) is 2. The van der Waals surface area contributed by atoms with Crippen molar-refractivity contribution in [2.45, 2.75) is 33.2 Å². The van der Waals surface area contributed by atoms with Crippen LogP contribution >= 0.6 is 0 Å². The fraction of sp³-hybridized carbons (Fsp3) is 0.500. The highest BCUT2D eigenvalue weighted by molar-refractivity contribution is 5.95. The smallest absolute Gasteiger partial charge is 0.338 e. The topological polar surface area (TPSA) is 66.6 Å². The van der Waals surface area contributed by atoms with Crippen molar-refractivity contribution in [2.24, 2.45) is 0 Å². The maximum atomic E-state index is 11.2. The van der Waals surface area contributed by atoms with Gasteiger partial charge in [-0.1, -0.05) is 26.0 Å². The maximum Gasteiger partial charge on any atom is 0.338 e. The van der Waals surface area contributed by atoms with Crippen LogP contribution in [0.3, 0.4) is 0 Å². The minimum absolute atomic E-state index is 0.245. The predicted molar refractivity (Wildman–Crippen MR) is 73.7 cm³/mol. The standard InChI is InChI=1S/C14H22N2O2/c1-3-8-16(9-4-2)10-11-6-5-7-12(15)13(11)14(17)18/h5-7H,3-4,8-10,15H2,1-2H3,(H,17,18). The molecule has 0 fully saturated rings. The third-order valence-electron chi connectivity index (χ3n) is 2.87. The molecule has 18 heavy (non-hydrogen) atoms. The Balaban J connectivity index is 2.94. The van der Waals surface area contributed by atoms with Crippen molar-refractivity contribution in [3.8, 4) is 0 Å². The van der Waals surface area contributed by atoms with E-state index in [1.54, 1.807) is 6.07 Å². The van der Waals surface area contributed by atoms with Gasteiger partial charge < -0.3 is 10.8 Å². The molecule has 0 amide bonds. The zero-order chi connectivity index (χ0) is 13.5. The molecule has 0 bridgehead atoms. The Morgan fingerprint density at radius 1 is 1.28 bits per heavy atom. The zero-order valence-electron chi connectivity index (χ0n) is 11.1. The molecule has 0 heterocycles. The lowest BCUT2D eigenvalue weighted by atomic mass is 10.0. The fourth-order valence-electron chi connectivity index (χ4n) is 2.16. The summed E-state index contributed by atoms with van der Waals surface area (Å²) in [7, 11) is 0. The van der Waals surface area contributed by atoms with Crippen molar-refractivity contribution in [1.82, 2.24) is 4.90 Å². The summed E-state index contributed by atoms with van der Waals surface area (Å²) in [6, 6.07) is 5.29. The fourth-order valence-corrected chi connectivity index (χ4v) is 2.16. The van der Waals surface area contributed by atoms with E-state index in [9.17, 15) is 9.90 Å². The summed E-state index contributed by atoms with van der Waals surface area (Å²) in [5, 5.41) is 9.22. The van der Waals surface area contributed by atoms with Crippen LogP contribution in [0.5, 0.6) is 0 Å². The third kappa shape index (κ3) is 3.74. The van der Waals surface area contributed by atoms with Crippen molar-refractivity contribution in [3.63, 3.8) is 0 Å². The Kier molecular flexibility index (Phi) is 5.65. The van der Waals surface area contributed by atoms with E-state index >= 15 is 0 Å². The van der Waals surface area contributed by atoms with Crippen molar-refractivity contribution in [2.75, 3.05) is 18.8 Å². The number of nitrogen functional groups attached to an aromatic ring is 1. The first-order chi connectivity index (χ1) is 8.60. The lowest BCUT2D eigenvalue weighted by Gasteiger charge is -2.22. The van der Waals surface area contributed by atoms with E-state index in [0.29, 0.717) is 12.2 Å². The molecule has 0 atom stereocenters. The predicted octanol–water partition coefficient (Wildman–Crippen LogP) is 2.59. The van der Waals surface area contributed by atoms with E-state index in [0.717, 1.165) is 31.5 Å². The first-order valence-corrected chi connectivity index (χ1v) is 6.43. The van der Waals surface area contributed by atoms with Gasteiger partial charge in [-0.25, -0.2) is 4.79 Å². The molecule has 0 aromatic heterocycles. The van der Waals surface area contributed by atoms with Crippen LogP contribution in [-0.4, -0.2) is 29.1 Å². The van der Waals surface area contributed by atoms with Gasteiger partial charge in [-0.3, -0.25) is 4.90 Å². The van der Waals surface area contributed by atoms with E-state index in [-0.39, 0.29) is 5.56 Å². The molecule has 1 rings (SSSR count). The van der Waals surface area contributed by atoms with E-state index in [1.807, 2.05) is 12.1 Å². The highest BCUT2D eigenvalue weighted by atomic mass is 16.4. The first kappa shape index (κ1) is 14.5. The second kappa shape index (κ2) is 7.01. The summed E-state index contributed by atoms with van der Waals surface area (Å²) in [5.41, 5.74) is 7.13. The highest BCUT2D eigenvalue weighted by Gasteiger charge is 2.15. The summed E-state index contributed by atoms with van der Waals surface area (Å²) in [6.45, 7) is 6.85. The van der Waals surface area contributed by atoms with Gasteiger partial charge in [0.25, 0.3) is 0 Å². The summed E-state index contributed by atoms with van der Waals surface area (Å²) in [4.78, 5) is 13.5. The Morgan fingerprint density at radius 3 is 2.39 bits per heavy atom. The minimum atomic E-state index is -0.948. The minimum Gasteiger partial charge on any atom is -0.478 e. The molecule has 100 valence electrons. The van der Waals surface area contributed by atoms with Gasteiger partial charge in [-0.15, -0.1) is 0 Å². The van der Waals surface area contributed by atoms with E-state index in [1.165, 1.54) is 0 Å². The largest absolute Gasteiger partial charge is 0.478 e. The molecule has 0 aliphatic carbocycles. The average molecular weight is 250 g/mol. The molecule has 1 aromatic carbocycles. The van der Waals surface area contributed by atoms with Crippen LogP contribution in [0.15, 0.2) is 18.2 Å². The van der Waals surface area contributed by atoms with Crippen LogP contribution < -0.4 is 5.73 Å². The van der Waals surface area contributed by atoms with E-state index < -0.39 is 5.97 Å². The number of anilines is 1. The molecule has 0 aliphatic heterocycles. The monoisotopic (exact) mass is 250 g/mol. The summed E-state index contributed by atoms with van der Waals surface area (Å²) in [5.74, 6) is -0.948. The quantitative estimate of drug-likeness (QED) is 0.730. The summed E-state index contributed by atoms with van der Waals surface area (Å²) < 4.78 is 0. The number of aromatic carboxylic acids is 1. The lowest BCUT2D eigenvalue weighted by molar-refractivity contribution is 0.0695. The summed E-state index contributed by atoms with van der Waals surface area (Å²) in [6.07, 6.45) is 2.12. The zero-order valence-corrected chi connectivity index (χ0v) is 11.1. The molecule has 4 nitrogen and oxygen atoms in total. The van der Waals surface area contributed by atoms with Crippen LogP contribution in [0, 0.1) is 0 Å². The molecule has 0 saturated heterocycles. The Morgan fingerprint density at radius 2 is 1.89 bits per heavy atom. The Bertz CT molecular complexity index is 399. The maximum absolute atomic E-state index is 11.2. The Hall–Kier alpha value is -1.55. The molecule has 0 unspecified atom stereocenters. The second-order valence-electron chi connectivity index (χ2n) is 4.46. The van der Waals surface area contributed by atoms with Gasteiger partial charge in [0, 0.05) is 12.2 Å². The van der Waals surface area contributed by atoms with E-state index in [4.69, 9.17) is 5.73 Å². The normalized spacial score (nSPS) is 10.8. The van der Waals surface area contributed by atoms with Gasteiger partial charge in [-0.2, -0.15) is 0 Å². The average Bonchev–Trinajstić information content (AvgIpc) is 2.29. The van der Waals surface area contributed by atoms with Crippen LogP contribution in [0.25, 0.3) is 0 Å². The van der Waals surface area contributed by atoms with Gasteiger partial charge in [0.15, 0.2) is 0 Å². The van der Waals surface area contributed by atoms with Gasteiger partial charge in [0.2, 0.25) is 0 Å². The molecule has 0 radical (unpaired) electrons. The van der Waals surface area contributed by atoms with Crippen molar-refractivity contribution < 1.29 is 9.90 Å². The molecule has 4 heteroatoms. The Labute approximate surface area is 108 Å². The molecular formula is C14H22N2O2. The molecule has 0 saturated carbocycles. The SMILES string of the molecule is CCCN(CCC)Cc1cccc(N)c1C(=O)O. The van der Waals surface area contributed by atoms with Crippen molar-refractivity contribution in [3.05, 3.63) is 29.3 Å². The highest BCUT2D eigenvalue weighted by Crippen LogP contribution is 2.19. The van der Waals surface area contributed by atoms with Crippen molar-refractivity contribution in [1.29, 1.82) is 0 Å².